The summed E-state index contributed by atoms with van der Waals surface area (Å²) < 4.78 is 42.6. The molecule has 6 heteroatoms. The summed E-state index contributed by atoms with van der Waals surface area (Å²) in [7, 11) is 0. The maximum Gasteiger partial charge on any atom is 0.416 e. The van der Waals surface area contributed by atoms with Crippen LogP contribution in [0.3, 0.4) is 0 Å². The van der Waals surface area contributed by atoms with Crippen molar-refractivity contribution in [3.8, 4) is 0 Å². The monoisotopic (exact) mass is 289 g/mol. The molecule has 2 unspecified atom stereocenters. The lowest BCUT2D eigenvalue weighted by atomic mass is 10.1. The second-order valence-corrected chi connectivity index (χ2v) is 4.93. The second kappa shape index (κ2) is 6.56. The third-order valence-corrected chi connectivity index (χ3v) is 3.36. The first-order chi connectivity index (χ1) is 9.47. The summed E-state index contributed by atoms with van der Waals surface area (Å²) in [6, 6.07) is 4.58. The Labute approximate surface area is 115 Å². The highest BCUT2D eigenvalue weighted by molar-refractivity contribution is 5.26. The Morgan fingerprint density at radius 1 is 1.30 bits per heavy atom. The molecule has 3 nitrogen and oxygen atoms in total. The minimum Gasteiger partial charge on any atom is -0.387 e. The zero-order chi connectivity index (χ0) is 14.6. The van der Waals surface area contributed by atoms with Crippen LogP contribution in [0.25, 0.3) is 0 Å². The number of hydrogen-bond donors (Lipinski definition) is 2. The van der Waals surface area contributed by atoms with Gasteiger partial charge in [0.2, 0.25) is 0 Å². The van der Waals surface area contributed by atoms with Crippen molar-refractivity contribution in [3.05, 3.63) is 35.4 Å². The second-order valence-electron chi connectivity index (χ2n) is 4.93. The molecule has 2 rings (SSSR count). The highest BCUT2D eigenvalue weighted by Crippen LogP contribution is 2.29. The molecule has 1 aromatic carbocycles. The van der Waals surface area contributed by atoms with Crippen molar-refractivity contribution in [2.45, 2.75) is 31.2 Å². The van der Waals surface area contributed by atoms with Crippen LogP contribution in [0, 0.1) is 0 Å². The van der Waals surface area contributed by atoms with E-state index >= 15 is 0 Å². The lowest BCUT2D eigenvalue weighted by Gasteiger charge is -2.15. The van der Waals surface area contributed by atoms with E-state index in [-0.39, 0.29) is 6.10 Å². The molecular weight excluding hydrogens is 271 g/mol. The lowest BCUT2D eigenvalue weighted by Crippen LogP contribution is -2.29. The van der Waals surface area contributed by atoms with E-state index in [1.807, 2.05) is 0 Å². The van der Waals surface area contributed by atoms with Crippen LogP contribution in [0.1, 0.15) is 30.1 Å². The van der Waals surface area contributed by atoms with E-state index in [2.05, 4.69) is 5.32 Å². The molecule has 0 aliphatic carbocycles. The molecule has 1 heterocycles. The average Bonchev–Trinajstić information content (AvgIpc) is 2.91. The summed E-state index contributed by atoms with van der Waals surface area (Å²) in [5, 5.41) is 13.0. The van der Waals surface area contributed by atoms with Gasteiger partial charge in [-0.25, -0.2) is 0 Å². The Hall–Kier alpha value is -1.11. The summed E-state index contributed by atoms with van der Waals surface area (Å²) >= 11 is 0. The molecule has 1 aromatic rings. The molecule has 0 bridgehead atoms. The van der Waals surface area contributed by atoms with Crippen LogP contribution in [0.4, 0.5) is 13.2 Å². The Kier molecular flexibility index (Phi) is 5.01. The highest BCUT2D eigenvalue weighted by Gasteiger charge is 2.30. The lowest BCUT2D eigenvalue weighted by molar-refractivity contribution is -0.137. The van der Waals surface area contributed by atoms with Crippen molar-refractivity contribution in [1.82, 2.24) is 5.32 Å². The zero-order valence-electron chi connectivity index (χ0n) is 11.0. The Morgan fingerprint density at radius 3 is 2.55 bits per heavy atom. The molecule has 1 aliphatic heterocycles. The van der Waals surface area contributed by atoms with Gasteiger partial charge in [0.15, 0.2) is 0 Å². The summed E-state index contributed by atoms with van der Waals surface area (Å²) in [6.07, 6.45) is -2.94. The first-order valence-electron chi connectivity index (χ1n) is 6.64. The number of nitrogens with one attached hydrogen (secondary N) is 1. The van der Waals surface area contributed by atoms with Gasteiger partial charge in [-0.1, -0.05) is 12.1 Å². The Bertz CT molecular complexity index is 413. The molecule has 112 valence electrons. The van der Waals surface area contributed by atoms with Crippen molar-refractivity contribution in [2.24, 2.45) is 0 Å². The van der Waals surface area contributed by atoms with Crippen molar-refractivity contribution in [1.29, 1.82) is 0 Å². The number of benzene rings is 1. The van der Waals surface area contributed by atoms with Gasteiger partial charge in [0.1, 0.15) is 0 Å². The first kappa shape index (κ1) is 15.3. The van der Waals surface area contributed by atoms with Gasteiger partial charge in [-0.05, 0) is 30.5 Å². The molecule has 0 radical (unpaired) electrons. The average molecular weight is 289 g/mol. The van der Waals surface area contributed by atoms with Crippen LogP contribution in [-0.4, -0.2) is 30.9 Å². The quantitative estimate of drug-likeness (QED) is 0.875. The number of hydrogen-bond acceptors (Lipinski definition) is 3. The molecule has 0 saturated carbocycles. The van der Waals surface area contributed by atoms with E-state index in [0.29, 0.717) is 18.7 Å². The van der Waals surface area contributed by atoms with Gasteiger partial charge in [0, 0.05) is 19.7 Å². The van der Waals surface area contributed by atoms with E-state index in [4.69, 9.17) is 4.74 Å². The van der Waals surface area contributed by atoms with Crippen LogP contribution < -0.4 is 5.32 Å². The molecule has 1 aliphatic rings. The van der Waals surface area contributed by atoms with Crippen LogP contribution in [-0.2, 0) is 10.9 Å². The Morgan fingerprint density at radius 2 is 2.00 bits per heavy atom. The normalized spacial score (nSPS) is 21.1. The van der Waals surface area contributed by atoms with Crippen molar-refractivity contribution in [3.63, 3.8) is 0 Å². The van der Waals surface area contributed by atoms with E-state index < -0.39 is 17.8 Å². The van der Waals surface area contributed by atoms with Crippen molar-refractivity contribution < 1.29 is 23.0 Å². The largest absolute Gasteiger partial charge is 0.416 e. The van der Waals surface area contributed by atoms with Crippen LogP contribution >= 0.6 is 0 Å². The molecule has 0 spiro atoms. The van der Waals surface area contributed by atoms with Gasteiger partial charge >= 0.3 is 6.18 Å². The highest BCUT2D eigenvalue weighted by atomic mass is 19.4. The smallest absolute Gasteiger partial charge is 0.387 e. The van der Waals surface area contributed by atoms with E-state index in [1.54, 1.807) is 0 Å². The summed E-state index contributed by atoms with van der Waals surface area (Å²) in [6.45, 7) is 1.72. The SMILES string of the molecule is OC(CNCC1CCCO1)c1ccc(C(F)(F)F)cc1. The maximum absolute atomic E-state index is 12.4. The molecule has 2 atom stereocenters. The summed E-state index contributed by atoms with van der Waals surface area (Å²) in [4.78, 5) is 0. The van der Waals surface area contributed by atoms with Crippen LogP contribution in [0.5, 0.6) is 0 Å². The minimum absolute atomic E-state index is 0.176. The molecule has 20 heavy (non-hydrogen) atoms. The number of rotatable bonds is 5. The van der Waals surface area contributed by atoms with E-state index in [9.17, 15) is 18.3 Å². The van der Waals surface area contributed by atoms with Crippen molar-refractivity contribution in [2.75, 3.05) is 19.7 Å². The maximum atomic E-state index is 12.4. The van der Waals surface area contributed by atoms with E-state index in [0.717, 1.165) is 31.6 Å². The third-order valence-electron chi connectivity index (χ3n) is 3.36. The fourth-order valence-electron chi connectivity index (χ4n) is 2.20. The predicted molar refractivity (Wildman–Crippen MR) is 68.2 cm³/mol. The predicted octanol–water partition coefficient (Wildman–Crippen LogP) is 2.51. The van der Waals surface area contributed by atoms with Gasteiger partial charge in [-0.15, -0.1) is 0 Å². The first-order valence-corrected chi connectivity index (χ1v) is 6.64. The van der Waals surface area contributed by atoms with Gasteiger partial charge in [0.05, 0.1) is 17.8 Å². The van der Waals surface area contributed by atoms with Crippen LogP contribution in [0.2, 0.25) is 0 Å². The Balaban J connectivity index is 1.81. The molecule has 0 aromatic heterocycles. The molecule has 2 N–H and O–H groups in total. The van der Waals surface area contributed by atoms with Gasteiger partial charge in [0.25, 0.3) is 0 Å². The van der Waals surface area contributed by atoms with Gasteiger partial charge in [-0.3, -0.25) is 0 Å². The van der Waals surface area contributed by atoms with Crippen molar-refractivity contribution >= 4 is 0 Å². The molecular formula is C14H18F3NO2. The van der Waals surface area contributed by atoms with Crippen LogP contribution in [0.15, 0.2) is 24.3 Å². The number of aliphatic hydroxyl groups is 1. The van der Waals surface area contributed by atoms with E-state index in [1.165, 1.54) is 12.1 Å². The summed E-state index contributed by atoms with van der Waals surface area (Å²) in [5.41, 5.74) is -0.237. The fraction of sp³-hybridized carbons (Fsp3) is 0.571. The zero-order valence-corrected chi connectivity index (χ0v) is 11.0. The van der Waals surface area contributed by atoms with Gasteiger partial charge < -0.3 is 15.2 Å². The fourth-order valence-corrected chi connectivity index (χ4v) is 2.20. The number of halogens is 3. The number of alkyl halides is 3. The van der Waals surface area contributed by atoms with Gasteiger partial charge in [-0.2, -0.15) is 13.2 Å². The molecule has 1 fully saturated rings. The topological polar surface area (TPSA) is 41.5 Å². The third kappa shape index (κ3) is 4.19. The summed E-state index contributed by atoms with van der Waals surface area (Å²) in [5.74, 6) is 0. The molecule has 0 amide bonds. The standard InChI is InChI=1S/C14H18F3NO2/c15-14(16,17)11-5-3-10(4-6-11)13(19)9-18-8-12-2-1-7-20-12/h3-6,12-13,18-19H,1-2,7-9H2. The molecule has 1 saturated heterocycles. The number of aliphatic hydroxyl groups excluding tert-OH is 1. The number of ether oxygens (including phenoxy) is 1. The minimum atomic E-state index is -4.35.